The second-order valence-corrected chi connectivity index (χ2v) is 6.84. The highest BCUT2D eigenvalue weighted by Crippen LogP contribution is 2.26. The van der Waals surface area contributed by atoms with Gasteiger partial charge in [-0.15, -0.1) is 0 Å². The molecule has 1 aromatic carbocycles. The van der Waals surface area contributed by atoms with Crippen LogP contribution < -0.4 is 5.32 Å². The fourth-order valence-corrected chi connectivity index (χ4v) is 3.62. The fraction of sp³-hybridized carbons (Fsp3) is 0.444. The van der Waals surface area contributed by atoms with Crippen molar-refractivity contribution in [3.63, 3.8) is 0 Å². The number of fused-ring (bicyclic) bond motifs is 1. The zero-order chi connectivity index (χ0) is 17.1. The Balaban J connectivity index is 1.82. The lowest BCUT2D eigenvalue weighted by Crippen LogP contribution is -2.35. The van der Waals surface area contributed by atoms with Gasteiger partial charge in [-0.05, 0) is 31.0 Å². The molecule has 0 radical (unpaired) electrons. The van der Waals surface area contributed by atoms with Crippen LogP contribution in [0.3, 0.4) is 0 Å². The van der Waals surface area contributed by atoms with E-state index in [0.717, 1.165) is 25.7 Å². The van der Waals surface area contributed by atoms with E-state index in [1.54, 1.807) is 18.2 Å². The van der Waals surface area contributed by atoms with E-state index in [1.165, 1.54) is 12.8 Å². The molecule has 0 saturated heterocycles. The topological polar surface area (TPSA) is 82.2 Å². The minimum absolute atomic E-state index is 0.0402. The van der Waals surface area contributed by atoms with E-state index in [4.69, 9.17) is 11.6 Å². The molecule has 1 aromatic heterocycles. The highest BCUT2D eigenvalue weighted by Gasteiger charge is 2.21. The van der Waals surface area contributed by atoms with Crippen molar-refractivity contribution in [2.75, 3.05) is 0 Å². The molecule has 1 fully saturated rings. The zero-order valence-corrected chi connectivity index (χ0v) is 14.2. The Hall–Kier alpha value is -2.01. The van der Waals surface area contributed by atoms with Gasteiger partial charge >= 0.3 is 5.97 Å². The van der Waals surface area contributed by atoms with Crippen LogP contribution in [0, 0.1) is 0 Å². The van der Waals surface area contributed by atoms with Crippen LogP contribution in [-0.2, 0) is 11.2 Å². The molecule has 3 N–H and O–H groups in total. The third-order valence-corrected chi connectivity index (χ3v) is 4.87. The first kappa shape index (κ1) is 16.8. The van der Waals surface area contributed by atoms with Gasteiger partial charge in [0.25, 0.3) is 0 Å². The van der Waals surface area contributed by atoms with E-state index in [0.29, 0.717) is 21.5 Å². The maximum atomic E-state index is 12.4. The number of carboxylic acids is 1. The molecule has 24 heavy (non-hydrogen) atoms. The van der Waals surface area contributed by atoms with Crippen LogP contribution in [0.25, 0.3) is 10.9 Å². The first-order valence-corrected chi connectivity index (χ1v) is 8.75. The van der Waals surface area contributed by atoms with E-state index >= 15 is 0 Å². The Morgan fingerprint density at radius 1 is 1.21 bits per heavy atom. The van der Waals surface area contributed by atoms with Crippen molar-refractivity contribution in [1.29, 1.82) is 0 Å². The molecule has 1 aliphatic carbocycles. The van der Waals surface area contributed by atoms with Gasteiger partial charge in [-0.1, -0.05) is 37.3 Å². The lowest BCUT2D eigenvalue weighted by atomic mass is 10.1. The third kappa shape index (κ3) is 3.73. The molecular formula is C18H21ClN2O3. The second-order valence-electron chi connectivity index (χ2n) is 6.41. The van der Waals surface area contributed by atoms with Crippen LogP contribution in [0.2, 0.25) is 5.02 Å². The van der Waals surface area contributed by atoms with Crippen molar-refractivity contribution in [1.82, 2.24) is 10.3 Å². The molecule has 0 bridgehead atoms. The van der Waals surface area contributed by atoms with Crippen molar-refractivity contribution in [3.8, 4) is 0 Å². The summed E-state index contributed by atoms with van der Waals surface area (Å²) in [5.74, 6) is -1.20. The van der Waals surface area contributed by atoms with E-state index in [2.05, 4.69) is 10.3 Å². The number of benzene rings is 1. The van der Waals surface area contributed by atoms with Crippen molar-refractivity contribution in [2.45, 2.75) is 51.0 Å². The number of carbonyl (C=O) groups excluding carboxylic acids is 1. The lowest BCUT2D eigenvalue weighted by Gasteiger charge is -2.16. The van der Waals surface area contributed by atoms with Gasteiger partial charge in [-0.2, -0.15) is 0 Å². The SMILES string of the molecule is O=C(Cc1c(C(=O)O)[nH]c2ccc(Cl)cc12)NC1CCCCCC1. The van der Waals surface area contributed by atoms with Crippen LogP contribution in [0.4, 0.5) is 0 Å². The summed E-state index contributed by atoms with van der Waals surface area (Å²) in [7, 11) is 0. The van der Waals surface area contributed by atoms with Gasteiger partial charge in [-0.25, -0.2) is 4.79 Å². The van der Waals surface area contributed by atoms with Gasteiger partial charge in [0, 0.05) is 27.5 Å². The summed E-state index contributed by atoms with van der Waals surface area (Å²) < 4.78 is 0. The number of H-pyrrole nitrogens is 1. The molecule has 1 aliphatic rings. The van der Waals surface area contributed by atoms with Crippen LogP contribution >= 0.6 is 11.6 Å². The van der Waals surface area contributed by atoms with Gasteiger partial charge < -0.3 is 15.4 Å². The summed E-state index contributed by atoms with van der Waals surface area (Å²) in [6.45, 7) is 0. The number of halogens is 1. The molecule has 0 aliphatic heterocycles. The normalized spacial score (nSPS) is 16.0. The number of aromatic carboxylic acids is 1. The number of aromatic nitrogens is 1. The molecule has 6 heteroatoms. The van der Waals surface area contributed by atoms with Gasteiger partial charge in [-0.3, -0.25) is 4.79 Å². The highest BCUT2D eigenvalue weighted by molar-refractivity contribution is 6.31. The fourth-order valence-electron chi connectivity index (χ4n) is 3.45. The first-order chi connectivity index (χ1) is 11.5. The van der Waals surface area contributed by atoms with E-state index in [1.807, 2.05) is 0 Å². The number of hydrogen-bond donors (Lipinski definition) is 3. The summed E-state index contributed by atoms with van der Waals surface area (Å²) in [6.07, 6.45) is 6.74. The van der Waals surface area contributed by atoms with E-state index in [-0.39, 0.29) is 24.1 Å². The molecule has 1 saturated carbocycles. The molecule has 5 nitrogen and oxygen atoms in total. The van der Waals surface area contributed by atoms with Crippen LogP contribution in [0.1, 0.15) is 54.6 Å². The summed E-state index contributed by atoms with van der Waals surface area (Å²) in [4.78, 5) is 26.8. The molecule has 3 rings (SSSR count). The van der Waals surface area contributed by atoms with Crippen molar-refractivity contribution in [3.05, 3.63) is 34.5 Å². The zero-order valence-electron chi connectivity index (χ0n) is 13.4. The van der Waals surface area contributed by atoms with Crippen LogP contribution in [0.5, 0.6) is 0 Å². The summed E-state index contributed by atoms with van der Waals surface area (Å²) >= 11 is 6.03. The summed E-state index contributed by atoms with van der Waals surface area (Å²) in [6, 6.07) is 5.33. The quantitative estimate of drug-likeness (QED) is 0.733. The minimum atomic E-state index is -1.07. The third-order valence-electron chi connectivity index (χ3n) is 4.64. The number of carbonyl (C=O) groups is 2. The number of rotatable bonds is 4. The Labute approximate surface area is 145 Å². The average molecular weight is 349 g/mol. The average Bonchev–Trinajstić information content (AvgIpc) is 2.70. The van der Waals surface area contributed by atoms with Gasteiger partial charge in [0.05, 0.1) is 6.42 Å². The van der Waals surface area contributed by atoms with Crippen LogP contribution in [-0.4, -0.2) is 28.0 Å². The number of amides is 1. The molecular weight excluding hydrogens is 328 g/mol. The number of carboxylic acid groups (broad SMARTS) is 1. The first-order valence-electron chi connectivity index (χ1n) is 8.37. The molecule has 128 valence electrons. The molecule has 0 spiro atoms. The molecule has 1 amide bonds. The summed E-state index contributed by atoms with van der Waals surface area (Å²) in [5, 5.41) is 13.7. The minimum Gasteiger partial charge on any atom is -0.477 e. The van der Waals surface area contributed by atoms with Gasteiger partial charge in [0.15, 0.2) is 0 Å². The predicted octanol–water partition coefficient (Wildman–Crippen LogP) is 3.90. The maximum absolute atomic E-state index is 12.4. The lowest BCUT2D eigenvalue weighted by molar-refractivity contribution is -0.121. The number of aromatic amines is 1. The predicted molar refractivity (Wildman–Crippen MR) is 93.6 cm³/mol. The maximum Gasteiger partial charge on any atom is 0.352 e. The number of nitrogens with one attached hydrogen (secondary N) is 2. The molecule has 0 atom stereocenters. The molecule has 2 aromatic rings. The monoisotopic (exact) mass is 348 g/mol. The van der Waals surface area contributed by atoms with Crippen molar-refractivity contribution < 1.29 is 14.7 Å². The van der Waals surface area contributed by atoms with Gasteiger partial charge in [0.1, 0.15) is 5.69 Å². The van der Waals surface area contributed by atoms with Crippen molar-refractivity contribution >= 4 is 34.4 Å². The Morgan fingerprint density at radius 2 is 1.92 bits per heavy atom. The standard InChI is InChI=1S/C18H21ClN2O3/c19-11-7-8-15-13(9-11)14(17(21-15)18(23)24)10-16(22)20-12-5-3-1-2-4-6-12/h7-9,12,21H,1-6,10H2,(H,20,22)(H,23,24). The largest absolute Gasteiger partial charge is 0.477 e. The highest BCUT2D eigenvalue weighted by atomic mass is 35.5. The Kier molecular flexibility index (Phi) is 5.09. The summed E-state index contributed by atoms with van der Waals surface area (Å²) in [5.41, 5.74) is 1.23. The molecule has 1 heterocycles. The number of hydrogen-bond acceptors (Lipinski definition) is 2. The Bertz CT molecular complexity index is 761. The van der Waals surface area contributed by atoms with Gasteiger partial charge in [0.2, 0.25) is 5.91 Å². The smallest absolute Gasteiger partial charge is 0.352 e. The molecule has 0 unspecified atom stereocenters. The van der Waals surface area contributed by atoms with Crippen molar-refractivity contribution in [2.24, 2.45) is 0 Å². The second kappa shape index (κ2) is 7.26. The van der Waals surface area contributed by atoms with E-state index in [9.17, 15) is 14.7 Å². The van der Waals surface area contributed by atoms with Crippen LogP contribution in [0.15, 0.2) is 18.2 Å². The van der Waals surface area contributed by atoms with E-state index < -0.39 is 5.97 Å². The Morgan fingerprint density at radius 3 is 2.58 bits per heavy atom.